The van der Waals surface area contributed by atoms with Gasteiger partial charge in [-0.05, 0) is 37.1 Å². The van der Waals surface area contributed by atoms with Gasteiger partial charge in [-0.2, -0.15) is 0 Å². The fourth-order valence-electron chi connectivity index (χ4n) is 1.89. The standard InChI is InChI=1S/C16H14Cl2N2O4S/c1-8-4-3-5-11(9(8)2)19-16(23)20-13(21)7-24-15(22)10-6-12(17)25-14(10)18/h3-6H,7H2,1-2H3,(H2,19,20,21,23). The lowest BCUT2D eigenvalue weighted by Gasteiger charge is -2.11. The Kier molecular flexibility index (Phi) is 6.41. The zero-order valence-electron chi connectivity index (χ0n) is 13.3. The number of thiophene rings is 1. The van der Waals surface area contributed by atoms with E-state index in [0.717, 1.165) is 22.5 Å². The van der Waals surface area contributed by atoms with Crippen molar-refractivity contribution in [1.82, 2.24) is 5.32 Å². The molecule has 0 saturated heterocycles. The van der Waals surface area contributed by atoms with Gasteiger partial charge < -0.3 is 10.1 Å². The summed E-state index contributed by atoms with van der Waals surface area (Å²) in [5, 5.41) is 4.64. The monoisotopic (exact) mass is 400 g/mol. The van der Waals surface area contributed by atoms with Gasteiger partial charge in [0.25, 0.3) is 5.91 Å². The lowest BCUT2D eigenvalue weighted by atomic mass is 10.1. The Morgan fingerprint density at radius 3 is 2.56 bits per heavy atom. The predicted molar refractivity (Wildman–Crippen MR) is 97.7 cm³/mol. The first-order chi connectivity index (χ1) is 11.8. The topological polar surface area (TPSA) is 84.5 Å². The van der Waals surface area contributed by atoms with E-state index in [2.05, 4.69) is 10.6 Å². The van der Waals surface area contributed by atoms with Crippen molar-refractivity contribution in [1.29, 1.82) is 0 Å². The van der Waals surface area contributed by atoms with Gasteiger partial charge in [-0.1, -0.05) is 35.3 Å². The Hall–Kier alpha value is -2.09. The first kappa shape index (κ1) is 19.2. The molecule has 0 radical (unpaired) electrons. The number of amides is 3. The van der Waals surface area contributed by atoms with Crippen molar-refractivity contribution in [2.75, 3.05) is 11.9 Å². The van der Waals surface area contributed by atoms with Gasteiger partial charge >= 0.3 is 12.0 Å². The molecule has 0 saturated carbocycles. The van der Waals surface area contributed by atoms with Crippen LogP contribution in [0.15, 0.2) is 24.3 Å². The molecule has 0 aliphatic heterocycles. The molecule has 2 rings (SSSR count). The quantitative estimate of drug-likeness (QED) is 0.753. The van der Waals surface area contributed by atoms with Gasteiger partial charge in [0.05, 0.1) is 9.90 Å². The van der Waals surface area contributed by atoms with Crippen LogP contribution in [-0.4, -0.2) is 24.5 Å². The van der Waals surface area contributed by atoms with Gasteiger partial charge in [0.2, 0.25) is 0 Å². The Bertz CT molecular complexity index is 836. The molecule has 0 aliphatic carbocycles. The Balaban J connectivity index is 1.85. The highest BCUT2D eigenvalue weighted by Crippen LogP contribution is 2.31. The lowest BCUT2D eigenvalue weighted by molar-refractivity contribution is -0.123. The summed E-state index contributed by atoms with van der Waals surface area (Å²) in [5.41, 5.74) is 2.55. The van der Waals surface area contributed by atoms with E-state index in [1.165, 1.54) is 6.07 Å². The minimum absolute atomic E-state index is 0.0734. The van der Waals surface area contributed by atoms with Crippen LogP contribution in [0.1, 0.15) is 21.5 Å². The maximum atomic E-state index is 11.8. The molecule has 0 unspecified atom stereocenters. The molecule has 1 aromatic heterocycles. The molecule has 25 heavy (non-hydrogen) atoms. The van der Waals surface area contributed by atoms with Crippen molar-refractivity contribution in [2.45, 2.75) is 13.8 Å². The van der Waals surface area contributed by atoms with Crippen LogP contribution in [0, 0.1) is 13.8 Å². The van der Waals surface area contributed by atoms with Gasteiger partial charge in [0.15, 0.2) is 6.61 Å². The van der Waals surface area contributed by atoms with E-state index in [1.54, 1.807) is 12.1 Å². The number of carbonyl (C=O) groups is 3. The zero-order chi connectivity index (χ0) is 18.6. The van der Waals surface area contributed by atoms with Crippen molar-refractivity contribution in [3.63, 3.8) is 0 Å². The molecule has 0 spiro atoms. The second kappa shape index (κ2) is 8.33. The number of esters is 1. The average Bonchev–Trinajstić information content (AvgIpc) is 2.88. The van der Waals surface area contributed by atoms with Crippen LogP contribution >= 0.6 is 34.5 Å². The summed E-state index contributed by atoms with van der Waals surface area (Å²) >= 11 is 12.6. The number of nitrogens with one attached hydrogen (secondary N) is 2. The molecule has 3 amide bonds. The van der Waals surface area contributed by atoms with Crippen LogP contribution in [0.5, 0.6) is 0 Å². The number of rotatable bonds is 4. The number of urea groups is 1. The normalized spacial score (nSPS) is 10.2. The maximum absolute atomic E-state index is 11.8. The second-order valence-corrected chi connectivity index (χ2v) is 7.35. The van der Waals surface area contributed by atoms with Crippen molar-refractivity contribution in [3.8, 4) is 0 Å². The summed E-state index contributed by atoms with van der Waals surface area (Å²) in [7, 11) is 0. The SMILES string of the molecule is Cc1cccc(NC(=O)NC(=O)COC(=O)c2cc(Cl)sc2Cl)c1C. The van der Waals surface area contributed by atoms with Gasteiger partial charge in [-0.3, -0.25) is 10.1 Å². The van der Waals surface area contributed by atoms with Crippen LogP contribution in [0.3, 0.4) is 0 Å². The number of halogens is 2. The molecular weight excluding hydrogens is 387 g/mol. The molecule has 132 valence electrons. The summed E-state index contributed by atoms with van der Waals surface area (Å²) in [6.07, 6.45) is 0. The minimum Gasteiger partial charge on any atom is -0.452 e. The molecular formula is C16H14Cl2N2O4S. The predicted octanol–water partition coefficient (Wildman–Crippen LogP) is 4.18. The van der Waals surface area contributed by atoms with E-state index in [0.29, 0.717) is 10.0 Å². The number of benzene rings is 1. The van der Waals surface area contributed by atoms with Crippen LogP contribution < -0.4 is 10.6 Å². The molecule has 9 heteroatoms. The summed E-state index contributed by atoms with van der Waals surface area (Å²) in [6.45, 7) is 3.14. The second-order valence-electron chi connectivity index (χ2n) is 5.06. The first-order valence-corrected chi connectivity index (χ1v) is 8.64. The van der Waals surface area contributed by atoms with E-state index >= 15 is 0 Å². The number of hydrogen-bond donors (Lipinski definition) is 2. The lowest BCUT2D eigenvalue weighted by Crippen LogP contribution is -2.37. The number of anilines is 1. The smallest absolute Gasteiger partial charge is 0.341 e. The summed E-state index contributed by atoms with van der Waals surface area (Å²) in [6, 6.07) is 6.05. The molecule has 2 aromatic rings. The third-order valence-electron chi connectivity index (χ3n) is 3.32. The van der Waals surface area contributed by atoms with E-state index in [1.807, 2.05) is 19.9 Å². The van der Waals surface area contributed by atoms with Crippen molar-refractivity contribution >= 4 is 58.1 Å². The number of ether oxygens (including phenoxy) is 1. The van der Waals surface area contributed by atoms with Gasteiger partial charge in [0.1, 0.15) is 4.34 Å². The molecule has 1 aromatic carbocycles. The Morgan fingerprint density at radius 2 is 1.92 bits per heavy atom. The molecule has 0 aliphatic rings. The number of aryl methyl sites for hydroxylation is 1. The van der Waals surface area contributed by atoms with Crippen LogP contribution in [-0.2, 0) is 9.53 Å². The van der Waals surface area contributed by atoms with Crippen LogP contribution in [0.4, 0.5) is 10.5 Å². The molecule has 2 N–H and O–H groups in total. The highest BCUT2D eigenvalue weighted by atomic mass is 35.5. The molecule has 1 heterocycles. The largest absolute Gasteiger partial charge is 0.452 e. The van der Waals surface area contributed by atoms with Crippen molar-refractivity contribution in [3.05, 3.63) is 49.6 Å². The van der Waals surface area contributed by atoms with Crippen molar-refractivity contribution in [2.24, 2.45) is 0 Å². The Labute approximate surface area is 158 Å². The van der Waals surface area contributed by atoms with Gasteiger partial charge in [-0.15, -0.1) is 11.3 Å². The van der Waals surface area contributed by atoms with E-state index in [9.17, 15) is 14.4 Å². The molecule has 0 bridgehead atoms. The first-order valence-electron chi connectivity index (χ1n) is 7.07. The van der Waals surface area contributed by atoms with Gasteiger partial charge in [-0.25, -0.2) is 9.59 Å². The highest BCUT2D eigenvalue weighted by Gasteiger charge is 2.18. The fourth-order valence-corrected chi connectivity index (χ4v) is 3.33. The third-order valence-corrected chi connectivity index (χ3v) is 4.80. The average molecular weight is 401 g/mol. The van der Waals surface area contributed by atoms with E-state index < -0.39 is 24.5 Å². The fraction of sp³-hybridized carbons (Fsp3) is 0.188. The minimum atomic E-state index is -0.793. The Morgan fingerprint density at radius 1 is 1.20 bits per heavy atom. The number of hydrogen-bond acceptors (Lipinski definition) is 5. The molecule has 0 fully saturated rings. The number of carbonyl (C=O) groups excluding carboxylic acids is 3. The van der Waals surface area contributed by atoms with Gasteiger partial charge in [0, 0.05) is 5.69 Å². The maximum Gasteiger partial charge on any atom is 0.341 e. The zero-order valence-corrected chi connectivity index (χ0v) is 15.6. The van der Waals surface area contributed by atoms with E-state index in [-0.39, 0.29) is 9.90 Å². The van der Waals surface area contributed by atoms with Crippen LogP contribution in [0.2, 0.25) is 8.67 Å². The summed E-state index contributed by atoms with van der Waals surface area (Å²) in [5.74, 6) is -1.56. The van der Waals surface area contributed by atoms with Crippen molar-refractivity contribution < 1.29 is 19.1 Å². The molecule has 6 nitrogen and oxygen atoms in total. The molecule has 0 atom stereocenters. The summed E-state index contributed by atoms with van der Waals surface area (Å²) in [4.78, 5) is 35.4. The number of imide groups is 1. The third kappa shape index (κ3) is 5.19. The van der Waals surface area contributed by atoms with Crippen LogP contribution in [0.25, 0.3) is 0 Å². The highest BCUT2D eigenvalue weighted by molar-refractivity contribution is 7.20. The summed E-state index contributed by atoms with van der Waals surface area (Å²) < 4.78 is 5.31. The van der Waals surface area contributed by atoms with E-state index in [4.69, 9.17) is 27.9 Å².